The Balaban J connectivity index is 1.62. The molecule has 0 unspecified atom stereocenters. The lowest BCUT2D eigenvalue weighted by molar-refractivity contribution is 0.404. The van der Waals surface area contributed by atoms with E-state index in [0.717, 1.165) is 17.4 Å². The minimum Gasteiger partial charge on any atom is -0.508 e. The zero-order chi connectivity index (χ0) is 11.8. The van der Waals surface area contributed by atoms with Crippen LogP contribution in [0.15, 0.2) is 18.2 Å². The van der Waals surface area contributed by atoms with Crippen LogP contribution >= 0.6 is 0 Å². The van der Waals surface area contributed by atoms with E-state index in [-0.39, 0.29) is 11.5 Å². The molecule has 0 atom stereocenters. The molecular weight excluding hydrogens is 214 g/mol. The molecule has 1 aromatic rings. The molecule has 92 valence electrons. The number of aromatic hydroxyl groups is 2. The van der Waals surface area contributed by atoms with Crippen molar-refractivity contribution in [2.45, 2.75) is 38.3 Å². The first-order valence-corrected chi connectivity index (χ1v) is 6.48. The average molecular weight is 233 g/mol. The van der Waals surface area contributed by atoms with E-state index in [9.17, 15) is 10.2 Å². The predicted molar refractivity (Wildman–Crippen MR) is 65.8 cm³/mol. The lowest BCUT2D eigenvalue weighted by atomic mass is 10.1. The van der Waals surface area contributed by atoms with Crippen molar-refractivity contribution in [1.29, 1.82) is 0 Å². The number of nitrogens with one attached hydrogen (secondary N) is 1. The Hall–Kier alpha value is -1.22. The summed E-state index contributed by atoms with van der Waals surface area (Å²) in [5.74, 6) is 2.03. The molecule has 2 aliphatic carbocycles. The molecule has 3 N–H and O–H groups in total. The van der Waals surface area contributed by atoms with Crippen molar-refractivity contribution in [3.8, 4) is 11.5 Å². The fraction of sp³-hybridized carbons (Fsp3) is 0.571. The van der Waals surface area contributed by atoms with Crippen molar-refractivity contribution >= 4 is 0 Å². The number of phenols is 2. The van der Waals surface area contributed by atoms with Gasteiger partial charge < -0.3 is 15.5 Å². The Bertz CT molecular complexity index is 399. The second kappa shape index (κ2) is 4.22. The van der Waals surface area contributed by atoms with E-state index in [2.05, 4.69) is 5.32 Å². The van der Waals surface area contributed by atoms with Crippen LogP contribution in [0.25, 0.3) is 0 Å². The van der Waals surface area contributed by atoms with Gasteiger partial charge in [0, 0.05) is 24.2 Å². The molecule has 3 heteroatoms. The van der Waals surface area contributed by atoms with Gasteiger partial charge in [-0.15, -0.1) is 0 Å². The monoisotopic (exact) mass is 233 g/mol. The summed E-state index contributed by atoms with van der Waals surface area (Å²) in [5.41, 5.74) is 0.870. The average Bonchev–Trinajstić information content (AvgIpc) is 3.15. The van der Waals surface area contributed by atoms with E-state index in [1.165, 1.54) is 31.7 Å². The zero-order valence-electron chi connectivity index (χ0n) is 9.89. The Labute approximate surface area is 101 Å². The van der Waals surface area contributed by atoms with E-state index < -0.39 is 0 Å². The van der Waals surface area contributed by atoms with Crippen LogP contribution in [0, 0.1) is 11.8 Å². The molecule has 0 amide bonds. The quantitative estimate of drug-likeness (QED) is 0.732. The Morgan fingerprint density at radius 1 is 1.12 bits per heavy atom. The molecule has 2 saturated carbocycles. The van der Waals surface area contributed by atoms with E-state index in [4.69, 9.17) is 0 Å². The number of phenolic OH excluding ortho intramolecular Hbond substituents is 2. The van der Waals surface area contributed by atoms with Crippen LogP contribution in [-0.4, -0.2) is 16.3 Å². The Kier molecular flexibility index (Phi) is 2.71. The molecule has 0 aromatic heterocycles. The van der Waals surface area contributed by atoms with Gasteiger partial charge in [0.2, 0.25) is 0 Å². The van der Waals surface area contributed by atoms with Gasteiger partial charge in [-0.25, -0.2) is 0 Å². The van der Waals surface area contributed by atoms with Crippen molar-refractivity contribution in [3.05, 3.63) is 23.8 Å². The molecule has 0 saturated heterocycles. The molecule has 0 spiro atoms. The third-order valence-corrected chi connectivity index (χ3v) is 3.86. The van der Waals surface area contributed by atoms with Gasteiger partial charge in [-0.3, -0.25) is 0 Å². The van der Waals surface area contributed by atoms with E-state index in [1.54, 1.807) is 12.1 Å². The van der Waals surface area contributed by atoms with Crippen molar-refractivity contribution in [2.24, 2.45) is 11.8 Å². The number of hydrogen-bond acceptors (Lipinski definition) is 3. The lowest BCUT2D eigenvalue weighted by Crippen LogP contribution is -2.32. The molecule has 0 radical (unpaired) electrons. The van der Waals surface area contributed by atoms with E-state index >= 15 is 0 Å². The highest BCUT2D eigenvalue weighted by molar-refractivity contribution is 5.38. The predicted octanol–water partition coefficient (Wildman–Crippen LogP) is 2.38. The molecule has 3 rings (SSSR count). The van der Waals surface area contributed by atoms with Crippen LogP contribution in [0.5, 0.6) is 11.5 Å². The smallest absolute Gasteiger partial charge is 0.123 e. The molecule has 0 bridgehead atoms. The molecule has 0 heterocycles. The normalized spacial score (nSPS) is 19.8. The van der Waals surface area contributed by atoms with Crippen molar-refractivity contribution < 1.29 is 10.2 Å². The summed E-state index contributed by atoms with van der Waals surface area (Å²) in [7, 11) is 0. The van der Waals surface area contributed by atoms with Crippen molar-refractivity contribution in [3.63, 3.8) is 0 Å². The van der Waals surface area contributed by atoms with Gasteiger partial charge in [-0.1, -0.05) is 6.07 Å². The minimum absolute atomic E-state index is 0.118. The summed E-state index contributed by atoms with van der Waals surface area (Å²) in [6, 6.07) is 5.46. The number of benzene rings is 1. The molecule has 3 nitrogen and oxygen atoms in total. The number of rotatable bonds is 5. The van der Waals surface area contributed by atoms with Gasteiger partial charge in [-0.2, -0.15) is 0 Å². The third-order valence-electron chi connectivity index (χ3n) is 3.86. The van der Waals surface area contributed by atoms with Gasteiger partial charge in [-0.05, 0) is 43.6 Å². The Morgan fingerprint density at radius 3 is 2.29 bits per heavy atom. The summed E-state index contributed by atoms with van der Waals surface area (Å²) in [4.78, 5) is 0. The minimum atomic E-state index is 0.118. The van der Waals surface area contributed by atoms with E-state index in [1.807, 2.05) is 0 Å². The summed E-state index contributed by atoms with van der Waals surface area (Å²) in [5, 5.41) is 22.5. The van der Waals surface area contributed by atoms with Crippen LogP contribution in [0.3, 0.4) is 0 Å². The highest BCUT2D eigenvalue weighted by Gasteiger charge is 2.40. The second-order valence-corrected chi connectivity index (χ2v) is 5.39. The maximum atomic E-state index is 9.71. The summed E-state index contributed by atoms with van der Waals surface area (Å²) < 4.78 is 0. The van der Waals surface area contributed by atoms with Crippen LogP contribution < -0.4 is 5.32 Å². The molecule has 17 heavy (non-hydrogen) atoms. The van der Waals surface area contributed by atoms with Crippen LogP contribution in [0.2, 0.25) is 0 Å². The largest absolute Gasteiger partial charge is 0.508 e. The second-order valence-electron chi connectivity index (χ2n) is 5.39. The highest BCUT2D eigenvalue weighted by Crippen LogP contribution is 2.44. The van der Waals surface area contributed by atoms with Crippen LogP contribution in [0.1, 0.15) is 31.2 Å². The standard InChI is InChI=1S/C14H19NO2/c16-12-6-5-11(13(17)7-12)8-15-14(9-1-2-9)10-3-4-10/h5-7,9-10,14-17H,1-4,8H2. The fourth-order valence-electron chi connectivity index (χ4n) is 2.56. The molecule has 2 fully saturated rings. The maximum Gasteiger partial charge on any atom is 0.123 e. The first-order valence-electron chi connectivity index (χ1n) is 6.48. The van der Waals surface area contributed by atoms with Crippen molar-refractivity contribution in [1.82, 2.24) is 5.32 Å². The van der Waals surface area contributed by atoms with Gasteiger partial charge in [0.1, 0.15) is 11.5 Å². The fourth-order valence-corrected chi connectivity index (χ4v) is 2.56. The highest BCUT2D eigenvalue weighted by atomic mass is 16.3. The first-order chi connectivity index (χ1) is 8.24. The third kappa shape index (κ3) is 2.55. The SMILES string of the molecule is Oc1ccc(CNC(C2CC2)C2CC2)c(O)c1. The lowest BCUT2D eigenvalue weighted by Gasteiger charge is -2.18. The summed E-state index contributed by atoms with van der Waals surface area (Å²) >= 11 is 0. The molecule has 1 aromatic carbocycles. The molecule has 0 aliphatic heterocycles. The Morgan fingerprint density at radius 2 is 1.76 bits per heavy atom. The van der Waals surface area contributed by atoms with Gasteiger partial charge in [0.25, 0.3) is 0 Å². The first kappa shape index (κ1) is 10.9. The van der Waals surface area contributed by atoms with Gasteiger partial charge in [0.15, 0.2) is 0 Å². The van der Waals surface area contributed by atoms with E-state index in [0.29, 0.717) is 12.6 Å². The summed E-state index contributed by atoms with van der Waals surface area (Å²) in [6.07, 6.45) is 5.43. The summed E-state index contributed by atoms with van der Waals surface area (Å²) in [6.45, 7) is 0.698. The topological polar surface area (TPSA) is 52.5 Å². The molecular formula is C14H19NO2. The van der Waals surface area contributed by atoms with Gasteiger partial charge in [0.05, 0.1) is 0 Å². The van der Waals surface area contributed by atoms with Crippen LogP contribution in [0.4, 0.5) is 0 Å². The number of hydrogen-bond donors (Lipinski definition) is 3. The van der Waals surface area contributed by atoms with Gasteiger partial charge >= 0.3 is 0 Å². The van der Waals surface area contributed by atoms with Crippen molar-refractivity contribution in [2.75, 3.05) is 0 Å². The van der Waals surface area contributed by atoms with Crippen LogP contribution in [-0.2, 0) is 6.54 Å². The maximum absolute atomic E-state index is 9.71. The zero-order valence-corrected chi connectivity index (χ0v) is 9.89. The molecule has 2 aliphatic rings.